The molecule has 2 N–H and O–H groups in total. The van der Waals surface area contributed by atoms with Crippen molar-refractivity contribution in [3.8, 4) is 11.5 Å². The van der Waals surface area contributed by atoms with E-state index in [4.69, 9.17) is 0 Å². The lowest BCUT2D eigenvalue weighted by atomic mass is 10.00. The summed E-state index contributed by atoms with van der Waals surface area (Å²) >= 11 is 0. The molecule has 0 fully saturated rings. The highest BCUT2D eigenvalue weighted by Crippen LogP contribution is 2.27. The minimum Gasteiger partial charge on any atom is -0.507 e. The van der Waals surface area contributed by atoms with Crippen LogP contribution in [0.25, 0.3) is 0 Å². The normalized spacial score (nSPS) is 11.6. The van der Waals surface area contributed by atoms with Crippen LogP contribution in [0.2, 0.25) is 0 Å². The summed E-state index contributed by atoms with van der Waals surface area (Å²) in [6.45, 7) is 8.41. The predicted molar refractivity (Wildman–Crippen MR) is 144 cm³/mol. The summed E-state index contributed by atoms with van der Waals surface area (Å²) in [5.41, 5.74) is 7.43. The molecule has 3 aromatic rings. The molecule has 0 aliphatic carbocycles. The van der Waals surface area contributed by atoms with Gasteiger partial charge in [0.2, 0.25) is 0 Å². The van der Waals surface area contributed by atoms with Crippen molar-refractivity contribution in [1.82, 2.24) is 0 Å². The number of benzene rings is 3. The first-order valence-electron chi connectivity index (χ1n) is 12.4. The number of aryl methyl sites for hydroxylation is 4. The number of aromatic hydroxyl groups is 2. The molecule has 178 valence electrons. The third kappa shape index (κ3) is 6.34. The molecular formula is C30H36N2O2. The number of hydrogen-bond donors (Lipinski definition) is 2. The summed E-state index contributed by atoms with van der Waals surface area (Å²) < 4.78 is 0. The fourth-order valence-corrected chi connectivity index (χ4v) is 4.09. The van der Waals surface area contributed by atoms with E-state index in [1.54, 1.807) is 12.4 Å². The molecule has 0 radical (unpaired) electrons. The van der Waals surface area contributed by atoms with E-state index in [1.165, 1.54) is 11.1 Å². The van der Waals surface area contributed by atoms with Gasteiger partial charge in [-0.3, -0.25) is 9.98 Å². The zero-order valence-corrected chi connectivity index (χ0v) is 20.8. The maximum atomic E-state index is 10.6. The van der Waals surface area contributed by atoms with Crippen LogP contribution in [0.15, 0.2) is 58.5 Å². The van der Waals surface area contributed by atoms with Crippen LogP contribution in [-0.2, 0) is 25.7 Å². The van der Waals surface area contributed by atoms with Crippen LogP contribution in [0.1, 0.15) is 73.9 Å². The number of aliphatic imine (C=N–C) groups is 2. The Kier molecular flexibility index (Phi) is 9.03. The SMILES string of the molecule is CCCc1cc(C=Nc2ccc(N=Cc3cc(CCC)cc(CC)c3O)cc2)c(O)c(CC)c1. The third-order valence-electron chi connectivity index (χ3n) is 5.95. The summed E-state index contributed by atoms with van der Waals surface area (Å²) in [5, 5.41) is 21.1. The topological polar surface area (TPSA) is 65.2 Å². The summed E-state index contributed by atoms with van der Waals surface area (Å²) in [4.78, 5) is 9.13. The maximum Gasteiger partial charge on any atom is 0.127 e. The second kappa shape index (κ2) is 12.2. The molecular weight excluding hydrogens is 420 g/mol. The minimum atomic E-state index is 0.309. The van der Waals surface area contributed by atoms with Gasteiger partial charge in [0, 0.05) is 23.6 Å². The van der Waals surface area contributed by atoms with Crippen molar-refractivity contribution in [3.05, 3.63) is 81.9 Å². The average molecular weight is 457 g/mol. The molecule has 0 saturated carbocycles. The Bertz CT molecular complexity index is 1070. The minimum absolute atomic E-state index is 0.309. The standard InChI is InChI=1S/C30H36N2O2/c1-5-9-21-15-23(7-3)29(33)25(17-21)19-31-27-11-13-28(14-12-27)32-20-26-18-22(10-6-2)16-24(8-4)30(26)34/h11-20,33-34H,5-10H2,1-4H3. The number of nitrogens with zero attached hydrogens (tertiary/aromatic N) is 2. The molecule has 0 aromatic heterocycles. The molecule has 0 saturated heterocycles. The maximum absolute atomic E-state index is 10.6. The molecule has 0 atom stereocenters. The van der Waals surface area contributed by atoms with E-state index in [0.29, 0.717) is 11.5 Å². The number of rotatable bonds is 10. The quantitative estimate of drug-likeness (QED) is 0.308. The molecule has 0 heterocycles. The molecule has 0 aliphatic rings. The van der Waals surface area contributed by atoms with Gasteiger partial charge in [-0.2, -0.15) is 0 Å². The van der Waals surface area contributed by atoms with Gasteiger partial charge in [0.25, 0.3) is 0 Å². The van der Waals surface area contributed by atoms with E-state index >= 15 is 0 Å². The zero-order valence-electron chi connectivity index (χ0n) is 20.8. The number of hydrogen-bond acceptors (Lipinski definition) is 4. The Morgan fingerprint density at radius 1 is 0.618 bits per heavy atom. The lowest BCUT2D eigenvalue weighted by Gasteiger charge is -2.09. The van der Waals surface area contributed by atoms with Gasteiger partial charge < -0.3 is 10.2 Å². The van der Waals surface area contributed by atoms with Crippen LogP contribution in [-0.4, -0.2) is 22.6 Å². The Morgan fingerprint density at radius 3 is 1.32 bits per heavy atom. The first-order chi connectivity index (χ1) is 16.5. The van der Waals surface area contributed by atoms with Crippen molar-refractivity contribution < 1.29 is 10.2 Å². The van der Waals surface area contributed by atoms with Crippen molar-refractivity contribution >= 4 is 23.8 Å². The molecule has 4 nitrogen and oxygen atoms in total. The van der Waals surface area contributed by atoms with E-state index in [-0.39, 0.29) is 0 Å². The van der Waals surface area contributed by atoms with Crippen LogP contribution in [0.3, 0.4) is 0 Å². The van der Waals surface area contributed by atoms with Crippen LogP contribution in [0, 0.1) is 0 Å². The molecule has 0 bridgehead atoms. The van der Waals surface area contributed by atoms with Crippen molar-refractivity contribution in [1.29, 1.82) is 0 Å². The first-order valence-corrected chi connectivity index (χ1v) is 12.4. The molecule has 3 rings (SSSR count). The van der Waals surface area contributed by atoms with E-state index in [0.717, 1.165) is 72.2 Å². The molecule has 0 unspecified atom stereocenters. The van der Waals surface area contributed by atoms with Gasteiger partial charge in [0.05, 0.1) is 11.4 Å². The summed E-state index contributed by atoms with van der Waals surface area (Å²) in [7, 11) is 0. The molecule has 0 spiro atoms. The summed E-state index contributed by atoms with van der Waals surface area (Å²) in [5.74, 6) is 0.618. The Hall–Kier alpha value is -3.40. The fraction of sp³-hybridized carbons (Fsp3) is 0.333. The average Bonchev–Trinajstić information content (AvgIpc) is 2.85. The highest BCUT2D eigenvalue weighted by Gasteiger charge is 2.08. The smallest absolute Gasteiger partial charge is 0.127 e. The molecule has 4 heteroatoms. The van der Waals surface area contributed by atoms with Gasteiger partial charge in [-0.15, -0.1) is 0 Å². The van der Waals surface area contributed by atoms with Crippen molar-refractivity contribution in [2.75, 3.05) is 0 Å². The van der Waals surface area contributed by atoms with E-state index in [2.05, 4.69) is 36.0 Å². The molecule has 34 heavy (non-hydrogen) atoms. The molecule has 0 aliphatic heterocycles. The fourth-order valence-electron chi connectivity index (χ4n) is 4.09. The highest BCUT2D eigenvalue weighted by atomic mass is 16.3. The Balaban J connectivity index is 1.79. The van der Waals surface area contributed by atoms with Crippen LogP contribution in [0.5, 0.6) is 11.5 Å². The van der Waals surface area contributed by atoms with Crippen molar-refractivity contribution in [2.45, 2.75) is 66.2 Å². The van der Waals surface area contributed by atoms with Gasteiger partial charge in [0.1, 0.15) is 11.5 Å². The monoisotopic (exact) mass is 456 g/mol. The first kappa shape index (κ1) is 25.2. The van der Waals surface area contributed by atoms with E-state index in [1.807, 2.05) is 50.2 Å². The largest absolute Gasteiger partial charge is 0.507 e. The highest BCUT2D eigenvalue weighted by molar-refractivity contribution is 5.87. The lowest BCUT2D eigenvalue weighted by molar-refractivity contribution is 0.467. The van der Waals surface area contributed by atoms with Gasteiger partial charge in [0.15, 0.2) is 0 Å². The zero-order chi connectivity index (χ0) is 24.5. The van der Waals surface area contributed by atoms with Crippen LogP contribution >= 0.6 is 0 Å². The Morgan fingerprint density at radius 2 is 1.00 bits per heavy atom. The summed E-state index contributed by atoms with van der Waals surface area (Å²) in [6.07, 6.45) is 9.13. The van der Waals surface area contributed by atoms with Gasteiger partial charge >= 0.3 is 0 Å². The second-order valence-corrected chi connectivity index (χ2v) is 8.63. The van der Waals surface area contributed by atoms with Crippen molar-refractivity contribution in [2.24, 2.45) is 9.98 Å². The number of phenols is 2. The molecule has 3 aromatic carbocycles. The lowest BCUT2D eigenvalue weighted by Crippen LogP contribution is -1.94. The van der Waals surface area contributed by atoms with Crippen LogP contribution < -0.4 is 0 Å². The van der Waals surface area contributed by atoms with Gasteiger partial charge in [-0.1, -0.05) is 52.7 Å². The van der Waals surface area contributed by atoms with Crippen molar-refractivity contribution in [3.63, 3.8) is 0 Å². The second-order valence-electron chi connectivity index (χ2n) is 8.63. The van der Waals surface area contributed by atoms with Crippen LogP contribution in [0.4, 0.5) is 11.4 Å². The van der Waals surface area contributed by atoms with Gasteiger partial charge in [-0.25, -0.2) is 0 Å². The van der Waals surface area contributed by atoms with E-state index in [9.17, 15) is 10.2 Å². The van der Waals surface area contributed by atoms with Gasteiger partial charge in [-0.05, 0) is 84.3 Å². The van der Waals surface area contributed by atoms with E-state index < -0.39 is 0 Å². The number of phenolic OH excluding ortho intramolecular Hbond substituents is 2. The predicted octanol–water partition coefficient (Wildman–Crippen LogP) is 7.63. The Labute approximate surface area is 203 Å². The summed E-state index contributed by atoms with van der Waals surface area (Å²) in [6, 6.07) is 15.8. The third-order valence-corrected chi connectivity index (χ3v) is 5.95. The molecule has 0 amide bonds.